The lowest BCUT2D eigenvalue weighted by atomic mass is 9.94. The highest BCUT2D eigenvalue weighted by atomic mass is 16.5. The molecule has 0 spiro atoms. The largest absolute Gasteiger partial charge is 0.480 e. The minimum absolute atomic E-state index is 0.0509. The number of alkyl carbamates (subject to hydrolysis) is 1. The van der Waals surface area contributed by atoms with Gasteiger partial charge in [-0.25, -0.2) is 9.59 Å². The van der Waals surface area contributed by atoms with Gasteiger partial charge in [0.15, 0.2) is 0 Å². The average Bonchev–Trinajstić information content (AvgIpc) is 3.15. The second-order valence-corrected chi connectivity index (χ2v) is 8.74. The monoisotopic (exact) mass is 482 g/mol. The van der Waals surface area contributed by atoms with Crippen molar-refractivity contribution >= 4 is 23.9 Å². The van der Waals surface area contributed by atoms with Crippen LogP contribution in [0.15, 0.2) is 48.5 Å². The minimum Gasteiger partial charge on any atom is -0.480 e. The highest BCUT2D eigenvalue weighted by Crippen LogP contribution is 2.44. The molecular weight excluding hydrogens is 452 g/mol. The van der Waals surface area contributed by atoms with E-state index < -0.39 is 42.3 Å². The second-order valence-electron chi connectivity index (χ2n) is 8.74. The molecule has 0 saturated carbocycles. The van der Waals surface area contributed by atoms with E-state index in [4.69, 9.17) is 4.74 Å². The van der Waals surface area contributed by atoms with Crippen LogP contribution < -0.4 is 10.6 Å². The Labute approximate surface area is 203 Å². The molecule has 1 aliphatic rings. The van der Waals surface area contributed by atoms with Crippen LogP contribution in [0.25, 0.3) is 11.1 Å². The summed E-state index contributed by atoms with van der Waals surface area (Å²) in [6, 6.07) is 14.6. The lowest BCUT2D eigenvalue weighted by molar-refractivity contribution is -0.149. The van der Waals surface area contributed by atoms with Gasteiger partial charge in [0.2, 0.25) is 5.91 Å². The molecule has 9 heteroatoms. The summed E-state index contributed by atoms with van der Waals surface area (Å²) in [7, 11) is 1.14. The van der Waals surface area contributed by atoms with Crippen molar-refractivity contribution in [3.63, 3.8) is 0 Å². The van der Waals surface area contributed by atoms with Crippen LogP contribution in [0.3, 0.4) is 0 Å². The van der Waals surface area contributed by atoms with Gasteiger partial charge in [-0.05, 0) is 28.2 Å². The Morgan fingerprint density at radius 1 is 0.971 bits per heavy atom. The predicted molar refractivity (Wildman–Crippen MR) is 128 cm³/mol. The van der Waals surface area contributed by atoms with Gasteiger partial charge < -0.3 is 25.2 Å². The van der Waals surface area contributed by atoms with Gasteiger partial charge in [0.1, 0.15) is 12.6 Å². The summed E-state index contributed by atoms with van der Waals surface area (Å²) in [5.74, 6) is -3.72. The van der Waals surface area contributed by atoms with Gasteiger partial charge in [0.25, 0.3) is 0 Å². The fraction of sp³-hybridized carbons (Fsp3) is 0.385. The molecule has 3 N–H and O–H groups in total. The van der Waals surface area contributed by atoms with Gasteiger partial charge in [0, 0.05) is 12.5 Å². The maximum atomic E-state index is 12.7. The van der Waals surface area contributed by atoms with Crippen molar-refractivity contribution < 1.29 is 33.8 Å². The summed E-state index contributed by atoms with van der Waals surface area (Å²) in [6.07, 6.45) is -1.17. The first-order chi connectivity index (χ1) is 16.7. The van der Waals surface area contributed by atoms with Gasteiger partial charge in [0.05, 0.1) is 19.4 Å². The number of rotatable bonds is 10. The predicted octanol–water partition coefficient (Wildman–Crippen LogP) is 2.93. The summed E-state index contributed by atoms with van der Waals surface area (Å²) < 4.78 is 9.98. The second kappa shape index (κ2) is 11.5. The fourth-order valence-corrected chi connectivity index (χ4v) is 4.20. The summed E-state index contributed by atoms with van der Waals surface area (Å²) in [6.45, 7) is 3.64. The fourth-order valence-electron chi connectivity index (χ4n) is 4.20. The minimum atomic E-state index is -1.43. The standard InChI is InChI=1S/C26H30N2O7/c1-15(2)20(24(30)28-22(25(31)32)12-23(29)34-3)13-27-26(33)35-14-21-18-10-6-4-8-16(18)17-9-5-7-11-19(17)21/h4-11,15,20-22H,12-14H2,1-3H3,(H,27,33)(H,28,30)(H,31,32)/t20?,22-/m0/s1. The number of carbonyl (C=O) groups excluding carboxylic acids is 3. The van der Waals surface area contributed by atoms with E-state index in [1.54, 1.807) is 13.8 Å². The number of aliphatic carboxylic acids is 1. The van der Waals surface area contributed by atoms with Gasteiger partial charge in [-0.15, -0.1) is 0 Å². The summed E-state index contributed by atoms with van der Waals surface area (Å²) in [5.41, 5.74) is 4.42. The lowest BCUT2D eigenvalue weighted by Crippen LogP contribution is -2.48. The molecule has 2 aromatic rings. The van der Waals surface area contributed by atoms with Crippen LogP contribution in [0.2, 0.25) is 0 Å². The molecule has 9 nitrogen and oxygen atoms in total. The van der Waals surface area contributed by atoms with Gasteiger partial charge in [-0.2, -0.15) is 0 Å². The summed E-state index contributed by atoms with van der Waals surface area (Å²) >= 11 is 0. The Morgan fingerprint density at radius 3 is 2.06 bits per heavy atom. The third kappa shape index (κ3) is 6.17. The van der Waals surface area contributed by atoms with Crippen LogP contribution >= 0.6 is 0 Å². The van der Waals surface area contributed by atoms with Crippen molar-refractivity contribution in [3.8, 4) is 11.1 Å². The molecule has 3 rings (SSSR count). The molecule has 0 fully saturated rings. The molecule has 0 heterocycles. The highest BCUT2D eigenvalue weighted by molar-refractivity contribution is 5.88. The van der Waals surface area contributed by atoms with E-state index in [1.165, 1.54) is 0 Å². The number of carboxylic acid groups (broad SMARTS) is 1. The number of amides is 2. The highest BCUT2D eigenvalue weighted by Gasteiger charge is 2.31. The SMILES string of the molecule is COC(=O)C[C@H](NC(=O)C(CNC(=O)OCC1c2ccccc2-c2ccccc21)C(C)C)C(=O)O. The van der Waals surface area contributed by atoms with Crippen molar-refractivity contribution in [2.75, 3.05) is 20.3 Å². The molecule has 1 unspecified atom stereocenters. The van der Waals surface area contributed by atoms with E-state index in [0.29, 0.717) is 0 Å². The molecule has 0 saturated heterocycles. The first kappa shape index (κ1) is 25.7. The van der Waals surface area contributed by atoms with Crippen LogP contribution in [-0.2, 0) is 23.9 Å². The van der Waals surface area contributed by atoms with E-state index in [0.717, 1.165) is 29.4 Å². The lowest BCUT2D eigenvalue weighted by Gasteiger charge is -2.23. The van der Waals surface area contributed by atoms with E-state index in [-0.39, 0.29) is 25.0 Å². The molecule has 0 aromatic heterocycles. The summed E-state index contributed by atoms with van der Waals surface area (Å²) in [5, 5.41) is 14.3. The smallest absolute Gasteiger partial charge is 0.407 e. The zero-order valence-corrected chi connectivity index (χ0v) is 19.9. The van der Waals surface area contributed by atoms with Crippen molar-refractivity contribution in [3.05, 3.63) is 59.7 Å². The van der Waals surface area contributed by atoms with Crippen LogP contribution in [0.1, 0.15) is 37.3 Å². The maximum Gasteiger partial charge on any atom is 0.407 e. The first-order valence-corrected chi connectivity index (χ1v) is 11.4. The average molecular weight is 483 g/mol. The molecule has 2 amide bonds. The Balaban J connectivity index is 1.58. The zero-order valence-electron chi connectivity index (χ0n) is 19.9. The molecule has 35 heavy (non-hydrogen) atoms. The van der Waals surface area contributed by atoms with E-state index >= 15 is 0 Å². The van der Waals surface area contributed by atoms with E-state index in [9.17, 15) is 24.3 Å². The zero-order chi connectivity index (χ0) is 25.5. The normalized spacial score (nSPS) is 13.8. The Bertz CT molecular complexity index is 1050. The molecule has 1 aliphatic carbocycles. The number of carboxylic acids is 1. The number of hydrogen-bond acceptors (Lipinski definition) is 6. The molecule has 0 aliphatic heterocycles. The maximum absolute atomic E-state index is 12.7. The Hall–Kier alpha value is -3.88. The van der Waals surface area contributed by atoms with Gasteiger partial charge in [-0.3, -0.25) is 9.59 Å². The molecule has 0 bridgehead atoms. The number of fused-ring (bicyclic) bond motifs is 3. The molecular formula is C26H30N2O7. The quantitative estimate of drug-likeness (QED) is 0.444. The number of hydrogen-bond donors (Lipinski definition) is 3. The van der Waals surface area contributed by atoms with Gasteiger partial charge >= 0.3 is 18.0 Å². The van der Waals surface area contributed by atoms with E-state index in [1.807, 2.05) is 48.5 Å². The van der Waals surface area contributed by atoms with Crippen molar-refractivity contribution in [2.45, 2.75) is 32.2 Å². The number of nitrogens with one attached hydrogen (secondary N) is 2. The van der Waals surface area contributed by atoms with Crippen molar-refractivity contribution in [2.24, 2.45) is 11.8 Å². The van der Waals surface area contributed by atoms with E-state index in [2.05, 4.69) is 15.4 Å². The van der Waals surface area contributed by atoms with Crippen LogP contribution in [0.4, 0.5) is 4.79 Å². The Kier molecular flexibility index (Phi) is 8.46. The third-order valence-electron chi connectivity index (χ3n) is 6.16. The molecule has 0 radical (unpaired) electrons. The first-order valence-electron chi connectivity index (χ1n) is 11.4. The number of esters is 1. The topological polar surface area (TPSA) is 131 Å². The number of methoxy groups -OCH3 is 1. The Morgan fingerprint density at radius 2 is 1.54 bits per heavy atom. The molecule has 2 atom stereocenters. The van der Waals surface area contributed by atoms with Crippen LogP contribution in [-0.4, -0.2) is 55.3 Å². The molecule has 2 aromatic carbocycles. The van der Waals surface area contributed by atoms with Crippen molar-refractivity contribution in [1.82, 2.24) is 10.6 Å². The molecule has 186 valence electrons. The number of carbonyl (C=O) groups is 4. The third-order valence-corrected chi connectivity index (χ3v) is 6.16. The summed E-state index contributed by atoms with van der Waals surface area (Å²) in [4.78, 5) is 48.0. The van der Waals surface area contributed by atoms with Crippen molar-refractivity contribution in [1.29, 1.82) is 0 Å². The van der Waals surface area contributed by atoms with Crippen LogP contribution in [0, 0.1) is 11.8 Å². The van der Waals surface area contributed by atoms with Crippen LogP contribution in [0.5, 0.6) is 0 Å². The van der Waals surface area contributed by atoms with Gasteiger partial charge in [-0.1, -0.05) is 62.4 Å². The number of ether oxygens (including phenoxy) is 2. The number of benzene rings is 2.